The molecule has 0 saturated carbocycles. The summed E-state index contributed by atoms with van der Waals surface area (Å²) in [6.45, 7) is 1.54. The van der Waals surface area contributed by atoms with Gasteiger partial charge in [-0.25, -0.2) is 9.07 Å². The van der Waals surface area contributed by atoms with E-state index in [2.05, 4.69) is 0 Å². The van der Waals surface area contributed by atoms with Crippen LogP contribution in [-0.2, 0) is 16.1 Å². The molecule has 2 amide bonds. The average Bonchev–Trinajstić information content (AvgIpc) is 3.42. The minimum absolute atomic E-state index is 0.0305. The van der Waals surface area contributed by atoms with Gasteiger partial charge in [0.15, 0.2) is 11.6 Å². The largest absolute Gasteiger partial charge is 0.497 e. The molecule has 3 aromatic carbocycles. The maximum Gasteiger partial charge on any atom is 0.271 e. The van der Waals surface area contributed by atoms with Crippen molar-refractivity contribution in [1.29, 1.82) is 5.26 Å². The van der Waals surface area contributed by atoms with Crippen LogP contribution in [0.3, 0.4) is 0 Å². The fraction of sp³-hybridized carbons (Fsp3) is 0.125. The standard InChI is InChI=1S/C32H25FN4O4/c1-20-26(31(38)36(32(39)27(20)17-34)18-21-9-12-25(40-2)13-10-21)15-23-19-37(24-7-5-4-6-8-24)35-30(23)22-11-14-29(41-3)28(33)16-22/h4-16,19H,18H2,1-3H3/b26-15+. The van der Waals surface area contributed by atoms with Crippen molar-refractivity contribution in [1.82, 2.24) is 14.7 Å². The Morgan fingerprint density at radius 3 is 2.34 bits per heavy atom. The molecule has 5 rings (SSSR count). The molecule has 0 N–H and O–H groups in total. The number of aromatic nitrogens is 2. The molecule has 204 valence electrons. The highest BCUT2D eigenvalue weighted by molar-refractivity contribution is 6.19. The third-order valence-corrected chi connectivity index (χ3v) is 6.81. The molecule has 0 bridgehead atoms. The van der Waals surface area contributed by atoms with Gasteiger partial charge in [-0.1, -0.05) is 30.3 Å². The van der Waals surface area contributed by atoms with E-state index < -0.39 is 17.6 Å². The normalized spacial score (nSPS) is 14.4. The van der Waals surface area contributed by atoms with Crippen LogP contribution >= 0.6 is 0 Å². The lowest BCUT2D eigenvalue weighted by atomic mass is 9.93. The van der Waals surface area contributed by atoms with E-state index in [0.717, 1.165) is 10.6 Å². The topological polar surface area (TPSA) is 97.5 Å². The predicted molar refractivity (Wildman–Crippen MR) is 150 cm³/mol. The van der Waals surface area contributed by atoms with Crippen LogP contribution in [-0.4, -0.2) is 40.7 Å². The molecule has 1 aliphatic heterocycles. The second kappa shape index (κ2) is 11.3. The van der Waals surface area contributed by atoms with Crippen LogP contribution in [0.1, 0.15) is 18.1 Å². The van der Waals surface area contributed by atoms with Gasteiger partial charge < -0.3 is 9.47 Å². The summed E-state index contributed by atoms with van der Waals surface area (Å²) in [5, 5.41) is 14.5. The number of halogens is 1. The molecule has 9 heteroatoms. The quantitative estimate of drug-likeness (QED) is 0.224. The minimum atomic E-state index is -0.666. The Morgan fingerprint density at radius 1 is 0.976 bits per heavy atom. The number of carbonyl (C=O) groups is 2. The highest BCUT2D eigenvalue weighted by atomic mass is 19.1. The first-order valence-electron chi connectivity index (χ1n) is 12.7. The van der Waals surface area contributed by atoms with Crippen molar-refractivity contribution in [2.75, 3.05) is 14.2 Å². The molecular formula is C32H25FN4O4. The van der Waals surface area contributed by atoms with Crippen LogP contribution < -0.4 is 9.47 Å². The third-order valence-electron chi connectivity index (χ3n) is 6.81. The van der Waals surface area contributed by atoms with Crippen LogP contribution in [0.4, 0.5) is 4.39 Å². The maximum atomic E-state index is 14.7. The Bertz CT molecular complexity index is 1750. The van der Waals surface area contributed by atoms with Gasteiger partial charge in [0.1, 0.15) is 23.1 Å². The zero-order valence-electron chi connectivity index (χ0n) is 22.6. The summed E-state index contributed by atoms with van der Waals surface area (Å²) in [6, 6.07) is 22.7. The van der Waals surface area contributed by atoms with Crippen molar-refractivity contribution in [2.45, 2.75) is 13.5 Å². The fourth-order valence-corrected chi connectivity index (χ4v) is 4.59. The Labute approximate surface area is 236 Å². The van der Waals surface area contributed by atoms with Gasteiger partial charge in [0, 0.05) is 22.9 Å². The number of benzene rings is 3. The molecule has 2 heterocycles. The van der Waals surface area contributed by atoms with E-state index in [1.165, 1.54) is 19.2 Å². The van der Waals surface area contributed by atoms with Gasteiger partial charge in [-0.3, -0.25) is 14.5 Å². The molecule has 8 nitrogen and oxygen atoms in total. The van der Waals surface area contributed by atoms with Gasteiger partial charge in [-0.2, -0.15) is 10.4 Å². The number of hydrogen-bond donors (Lipinski definition) is 0. The number of ether oxygens (including phenoxy) is 2. The molecule has 0 saturated heterocycles. The first-order valence-corrected chi connectivity index (χ1v) is 12.7. The van der Waals surface area contributed by atoms with Crippen molar-refractivity contribution in [3.05, 3.63) is 113 Å². The van der Waals surface area contributed by atoms with E-state index in [0.29, 0.717) is 28.1 Å². The van der Waals surface area contributed by atoms with Gasteiger partial charge >= 0.3 is 0 Å². The van der Waals surface area contributed by atoms with Crippen molar-refractivity contribution < 1.29 is 23.5 Å². The van der Waals surface area contributed by atoms with Crippen molar-refractivity contribution in [3.63, 3.8) is 0 Å². The number of amides is 2. The van der Waals surface area contributed by atoms with Crippen LogP contribution in [0.15, 0.2) is 95.7 Å². The van der Waals surface area contributed by atoms with E-state index in [-0.39, 0.29) is 29.0 Å². The smallest absolute Gasteiger partial charge is 0.271 e. The Balaban J connectivity index is 1.63. The van der Waals surface area contributed by atoms with Crippen LogP contribution in [0.2, 0.25) is 0 Å². The fourth-order valence-electron chi connectivity index (χ4n) is 4.59. The number of rotatable bonds is 7. The van der Waals surface area contributed by atoms with Gasteiger partial charge in [-0.05, 0) is 66.6 Å². The number of para-hydroxylation sites is 1. The molecule has 0 fully saturated rings. The first kappa shape index (κ1) is 27.1. The number of hydrogen-bond acceptors (Lipinski definition) is 6. The Morgan fingerprint density at radius 2 is 1.71 bits per heavy atom. The molecule has 0 unspecified atom stereocenters. The van der Waals surface area contributed by atoms with Gasteiger partial charge in [-0.15, -0.1) is 0 Å². The number of nitriles is 1. The summed E-state index contributed by atoms with van der Waals surface area (Å²) in [6.07, 6.45) is 3.31. The molecule has 1 aromatic heterocycles. The highest BCUT2D eigenvalue weighted by Gasteiger charge is 2.35. The zero-order valence-corrected chi connectivity index (χ0v) is 22.6. The molecule has 0 aliphatic carbocycles. The van der Waals surface area contributed by atoms with Crippen molar-refractivity contribution in [2.24, 2.45) is 0 Å². The molecule has 0 spiro atoms. The Hall–Kier alpha value is -5.49. The zero-order chi connectivity index (χ0) is 29.1. The number of methoxy groups -OCH3 is 2. The summed E-state index contributed by atoms with van der Waals surface area (Å²) in [5.74, 6) is -1.06. The second-order valence-corrected chi connectivity index (χ2v) is 9.28. The molecule has 4 aromatic rings. The van der Waals surface area contributed by atoms with Crippen LogP contribution in [0.5, 0.6) is 11.5 Å². The summed E-state index contributed by atoms with van der Waals surface area (Å²) in [7, 11) is 2.93. The molecule has 41 heavy (non-hydrogen) atoms. The molecule has 0 atom stereocenters. The monoisotopic (exact) mass is 548 g/mol. The van der Waals surface area contributed by atoms with Crippen molar-refractivity contribution >= 4 is 17.9 Å². The average molecular weight is 549 g/mol. The maximum absolute atomic E-state index is 14.7. The molecule has 1 aliphatic rings. The van der Waals surface area contributed by atoms with E-state index in [1.807, 2.05) is 36.4 Å². The predicted octanol–water partition coefficient (Wildman–Crippen LogP) is 5.49. The molecule has 0 radical (unpaired) electrons. The summed E-state index contributed by atoms with van der Waals surface area (Å²) >= 11 is 0. The lowest BCUT2D eigenvalue weighted by molar-refractivity contribution is -0.141. The van der Waals surface area contributed by atoms with E-state index >= 15 is 0 Å². The van der Waals surface area contributed by atoms with E-state index in [4.69, 9.17) is 14.6 Å². The highest BCUT2D eigenvalue weighted by Crippen LogP contribution is 2.33. The summed E-state index contributed by atoms with van der Waals surface area (Å²) < 4.78 is 26.6. The number of carbonyl (C=O) groups excluding carboxylic acids is 2. The lowest BCUT2D eigenvalue weighted by Crippen LogP contribution is -2.42. The van der Waals surface area contributed by atoms with E-state index in [1.54, 1.807) is 61.3 Å². The number of nitrogens with zero attached hydrogens (tertiary/aromatic N) is 4. The SMILES string of the molecule is COc1ccc(CN2C(=O)C(C#N)=C(C)/C(=C\c3cn(-c4ccccc4)nc3-c3ccc(OC)c(F)c3)C2=O)cc1. The van der Waals surface area contributed by atoms with Gasteiger partial charge in [0.2, 0.25) is 0 Å². The summed E-state index contributed by atoms with van der Waals surface area (Å²) in [4.78, 5) is 28.0. The van der Waals surface area contributed by atoms with Crippen LogP contribution in [0.25, 0.3) is 23.0 Å². The lowest BCUT2D eigenvalue weighted by Gasteiger charge is -2.27. The van der Waals surface area contributed by atoms with Crippen molar-refractivity contribution in [3.8, 4) is 34.5 Å². The van der Waals surface area contributed by atoms with Gasteiger partial charge in [0.25, 0.3) is 11.8 Å². The Kier molecular flexibility index (Phi) is 7.48. The van der Waals surface area contributed by atoms with Gasteiger partial charge in [0.05, 0.1) is 26.5 Å². The second-order valence-electron chi connectivity index (χ2n) is 9.28. The minimum Gasteiger partial charge on any atom is -0.497 e. The van der Waals surface area contributed by atoms with E-state index in [9.17, 15) is 19.2 Å². The molecular weight excluding hydrogens is 523 g/mol. The van der Waals surface area contributed by atoms with Crippen LogP contribution in [0, 0.1) is 17.1 Å². The third kappa shape index (κ3) is 5.23. The summed E-state index contributed by atoms with van der Waals surface area (Å²) in [5.41, 5.74) is 3.10. The first-order chi connectivity index (χ1) is 19.8. The number of imide groups is 1.